The van der Waals surface area contributed by atoms with E-state index in [1.807, 2.05) is 6.92 Å². The van der Waals surface area contributed by atoms with Crippen molar-refractivity contribution in [2.45, 2.75) is 12.8 Å². The number of nitrogens with one attached hydrogen (secondary N) is 2. The molecule has 1 aliphatic rings. The van der Waals surface area contributed by atoms with Gasteiger partial charge < -0.3 is 24.8 Å². The fourth-order valence-electron chi connectivity index (χ4n) is 3.14. The first-order valence-corrected chi connectivity index (χ1v) is 11.1. The number of amides is 2. The zero-order valence-electron chi connectivity index (χ0n) is 17.9. The fourth-order valence-corrected chi connectivity index (χ4v) is 4.27. The predicted octanol–water partition coefficient (Wildman–Crippen LogP) is 1.97. The highest BCUT2D eigenvalue weighted by atomic mass is 35.5. The van der Waals surface area contributed by atoms with E-state index >= 15 is 0 Å². The number of nitrogens with zero attached hydrogens (tertiary/aromatic N) is 1. The van der Waals surface area contributed by atoms with Gasteiger partial charge in [0, 0.05) is 19.6 Å². The van der Waals surface area contributed by atoms with Gasteiger partial charge in [-0.1, -0.05) is 29.4 Å². The Morgan fingerprint density at radius 3 is 2.69 bits per heavy atom. The van der Waals surface area contributed by atoms with Crippen LogP contribution in [0.1, 0.15) is 18.4 Å². The summed E-state index contributed by atoms with van der Waals surface area (Å²) in [5, 5.41) is 15.6. The number of hydrogen-bond acceptors (Lipinski definition) is 8. The van der Waals surface area contributed by atoms with E-state index in [1.54, 1.807) is 18.2 Å². The predicted molar refractivity (Wildman–Crippen MR) is 119 cm³/mol. The highest BCUT2D eigenvalue weighted by Gasteiger charge is 2.44. The van der Waals surface area contributed by atoms with Crippen LogP contribution < -0.4 is 15.4 Å². The summed E-state index contributed by atoms with van der Waals surface area (Å²) in [6.45, 7) is 2.92. The Labute approximate surface area is 195 Å². The molecule has 0 saturated carbocycles. The second-order valence-electron chi connectivity index (χ2n) is 6.58. The normalized spacial score (nSPS) is 17.9. The van der Waals surface area contributed by atoms with Crippen molar-refractivity contribution in [2.24, 2.45) is 5.92 Å². The zero-order chi connectivity index (χ0) is 23.7. The number of thioether (sulfide) groups is 1. The number of hydrogen-bond donors (Lipinski definition) is 2. The summed E-state index contributed by atoms with van der Waals surface area (Å²) in [5.41, 5.74) is 0.609. The molecule has 1 aliphatic heterocycles. The molecule has 2 rings (SSSR count). The highest BCUT2D eigenvalue weighted by Crippen LogP contribution is 2.41. The monoisotopic (exact) mass is 481 g/mol. The van der Waals surface area contributed by atoms with Gasteiger partial charge >= 0.3 is 5.97 Å². The lowest BCUT2D eigenvalue weighted by molar-refractivity contribution is -0.150. The van der Waals surface area contributed by atoms with Crippen molar-refractivity contribution in [1.82, 2.24) is 10.6 Å². The molecule has 0 bridgehead atoms. The summed E-state index contributed by atoms with van der Waals surface area (Å²) in [6.07, 6.45) is 0. The van der Waals surface area contributed by atoms with Crippen LogP contribution in [-0.2, 0) is 23.9 Å². The fraction of sp³-hybridized carbons (Fsp3) is 0.429. The maximum atomic E-state index is 12.8. The van der Waals surface area contributed by atoms with E-state index in [0.717, 1.165) is 11.8 Å². The lowest BCUT2D eigenvalue weighted by atomic mass is 9.78. The van der Waals surface area contributed by atoms with Gasteiger partial charge in [0.2, 0.25) is 11.8 Å². The lowest BCUT2D eigenvalue weighted by Gasteiger charge is -2.31. The minimum atomic E-state index is -1.29. The number of carbonyl (C=O) groups is 3. The Balaban J connectivity index is 2.42. The van der Waals surface area contributed by atoms with Gasteiger partial charge in [0.15, 0.2) is 0 Å². The average Bonchev–Trinajstić information content (AvgIpc) is 2.78. The third-order valence-electron chi connectivity index (χ3n) is 4.57. The van der Waals surface area contributed by atoms with E-state index in [-0.39, 0.29) is 27.3 Å². The number of nitriles is 1. The molecule has 1 aromatic rings. The first-order valence-electron chi connectivity index (χ1n) is 9.71. The third kappa shape index (κ3) is 6.16. The van der Waals surface area contributed by atoms with Crippen LogP contribution in [0.5, 0.6) is 5.75 Å². The first-order chi connectivity index (χ1) is 15.4. The Morgan fingerprint density at radius 1 is 1.34 bits per heavy atom. The summed E-state index contributed by atoms with van der Waals surface area (Å²) >= 11 is 7.30. The van der Waals surface area contributed by atoms with Gasteiger partial charge in [0.1, 0.15) is 11.7 Å². The van der Waals surface area contributed by atoms with Crippen molar-refractivity contribution in [3.05, 3.63) is 39.4 Å². The van der Waals surface area contributed by atoms with Crippen LogP contribution >= 0.6 is 23.4 Å². The molecule has 2 atom stereocenters. The molecule has 1 heterocycles. The molecule has 0 saturated heterocycles. The van der Waals surface area contributed by atoms with Gasteiger partial charge in [0.25, 0.3) is 0 Å². The van der Waals surface area contributed by atoms with Gasteiger partial charge in [-0.05, 0) is 24.6 Å². The third-order valence-corrected chi connectivity index (χ3v) is 5.89. The Morgan fingerprint density at radius 2 is 2.09 bits per heavy atom. The molecule has 0 aliphatic carbocycles. The molecule has 9 nitrogen and oxygen atoms in total. The zero-order valence-corrected chi connectivity index (χ0v) is 19.5. The number of benzene rings is 1. The van der Waals surface area contributed by atoms with Gasteiger partial charge in [-0.25, -0.2) is 0 Å². The Hall–Kier alpha value is -2.74. The molecule has 2 N–H and O–H groups in total. The second kappa shape index (κ2) is 12.3. The summed E-state index contributed by atoms with van der Waals surface area (Å²) < 4.78 is 15.1. The van der Waals surface area contributed by atoms with Gasteiger partial charge in [0.05, 0.1) is 47.8 Å². The summed E-state index contributed by atoms with van der Waals surface area (Å²) in [5.74, 6) is -3.53. The standard InChI is InChI=1S/C21H24ClN3O6S/c1-4-31-15-6-5-12(9-14(15)22)17-13(10-23)20(25-19(27)18(17)21(28)30-3)32-11-16(26)24-7-8-29-2/h5-6,9,17-18H,4,7-8,11H2,1-3H3,(H,24,26)(H,25,27)/t17-,18+/m0/s1. The van der Waals surface area contributed by atoms with E-state index < -0.39 is 23.7 Å². The van der Waals surface area contributed by atoms with E-state index in [9.17, 15) is 19.6 Å². The van der Waals surface area contributed by atoms with Crippen LogP contribution in [0.3, 0.4) is 0 Å². The SMILES string of the molecule is CCOc1ccc([C@H]2C(C#N)=C(SCC(=O)NCCOC)NC(=O)[C@@H]2C(=O)OC)cc1Cl. The quantitative estimate of drug-likeness (QED) is 0.295. The van der Waals surface area contributed by atoms with Crippen molar-refractivity contribution in [1.29, 1.82) is 5.26 Å². The maximum absolute atomic E-state index is 12.8. The van der Waals surface area contributed by atoms with E-state index in [2.05, 4.69) is 16.7 Å². The number of carbonyl (C=O) groups excluding carboxylic acids is 3. The highest BCUT2D eigenvalue weighted by molar-refractivity contribution is 8.03. The number of rotatable bonds is 10. The van der Waals surface area contributed by atoms with Crippen LogP contribution in [0.15, 0.2) is 28.8 Å². The Kier molecular flexibility index (Phi) is 9.84. The molecular formula is C21H24ClN3O6S. The lowest BCUT2D eigenvalue weighted by Crippen LogP contribution is -2.44. The van der Waals surface area contributed by atoms with Gasteiger partial charge in [-0.3, -0.25) is 14.4 Å². The van der Waals surface area contributed by atoms with Crippen LogP contribution in [0.25, 0.3) is 0 Å². The molecule has 32 heavy (non-hydrogen) atoms. The summed E-state index contributed by atoms with van der Waals surface area (Å²) in [7, 11) is 2.69. The van der Waals surface area contributed by atoms with Gasteiger partial charge in [-0.2, -0.15) is 5.26 Å². The van der Waals surface area contributed by atoms with Crippen LogP contribution in [0.2, 0.25) is 5.02 Å². The van der Waals surface area contributed by atoms with E-state index in [1.165, 1.54) is 14.2 Å². The van der Waals surface area contributed by atoms with Crippen molar-refractivity contribution >= 4 is 41.1 Å². The summed E-state index contributed by atoms with van der Waals surface area (Å²) in [6, 6.07) is 6.90. The molecule has 0 radical (unpaired) electrons. The molecular weight excluding hydrogens is 458 g/mol. The molecule has 0 aromatic heterocycles. The van der Waals surface area contributed by atoms with E-state index in [4.69, 9.17) is 25.8 Å². The number of ether oxygens (including phenoxy) is 3. The van der Waals surface area contributed by atoms with Gasteiger partial charge in [-0.15, -0.1) is 0 Å². The molecule has 11 heteroatoms. The van der Waals surface area contributed by atoms with Crippen LogP contribution in [0, 0.1) is 17.2 Å². The van der Waals surface area contributed by atoms with E-state index in [0.29, 0.717) is 31.1 Å². The summed E-state index contributed by atoms with van der Waals surface area (Å²) in [4.78, 5) is 37.3. The first kappa shape index (κ1) is 25.5. The molecule has 2 amide bonds. The topological polar surface area (TPSA) is 127 Å². The molecule has 172 valence electrons. The molecule has 0 unspecified atom stereocenters. The van der Waals surface area contributed by atoms with Crippen LogP contribution in [-0.4, -0.2) is 57.5 Å². The smallest absolute Gasteiger partial charge is 0.319 e. The number of esters is 1. The molecule has 1 aromatic carbocycles. The number of methoxy groups -OCH3 is 2. The minimum Gasteiger partial charge on any atom is -0.492 e. The van der Waals surface area contributed by atoms with Crippen molar-refractivity contribution in [3.63, 3.8) is 0 Å². The van der Waals surface area contributed by atoms with Crippen molar-refractivity contribution in [3.8, 4) is 11.8 Å². The average molecular weight is 482 g/mol. The second-order valence-corrected chi connectivity index (χ2v) is 7.97. The van der Waals surface area contributed by atoms with Crippen molar-refractivity contribution < 1.29 is 28.6 Å². The number of allylic oxidation sites excluding steroid dienone is 1. The number of halogens is 1. The largest absolute Gasteiger partial charge is 0.492 e. The maximum Gasteiger partial charge on any atom is 0.319 e. The van der Waals surface area contributed by atoms with Crippen LogP contribution in [0.4, 0.5) is 0 Å². The molecule has 0 fully saturated rings. The van der Waals surface area contributed by atoms with Crippen molar-refractivity contribution in [2.75, 3.05) is 39.7 Å². The Bertz CT molecular complexity index is 946. The molecule has 0 spiro atoms. The minimum absolute atomic E-state index is 0.0375.